The van der Waals surface area contributed by atoms with Crippen LogP contribution in [0, 0.1) is 5.41 Å². The third-order valence-electron chi connectivity index (χ3n) is 0.678. The van der Waals surface area contributed by atoms with Gasteiger partial charge in [0.2, 0.25) is 0 Å². The molecule has 0 spiro atoms. The summed E-state index contributed by atoms with van der Waals surface area (Å²) in [6.07, 6.45) is 2.34. The normalized spacial score (nSPS) is 9.86. The van der Waals surface area contributed by atoms with Gasteiger partial charge < -0.3 is 5.41 Å². The van der Waals surface area contributed by atoms with E-state index in [1.54, 1.807) is 6.08 Å². The van der Waals surface area contributed by atoms with Gasteiger partial charge in [0.25, 0.3) is 0 Å². The second kappa shape index (κ2) is 3.66. The van der Waals surface area contributed by atoms with Crippen LogP contribution >= 0.6 is 0 Å². The first kappa shape index (κ1) is 6.47. The summed E-state index contributed by atoms with van der Waals surface area (Å²) in [7, 11) is 4.98. The molecule has 0 aromatic heterocycles. The van der Waals surface area contributed by atoms with Crippen molar-refractivity contribution < 1.29 is 0 Å². The van der Waals surface area contributed by atoms with Crippen molar-refractivity contribution in [2.24, 2.45) is 0 Å². The molecule has 0 aliphatic carbocycles. The monoisotopic (exact) mass is 93.1 g/mol. The van der Waals surface area contributed by atoms with Gasteiger partial charge in [0.1, 0.15) is 7.85 Å². The number of hydrogen-bond donors (Lipinski definition) is 1. The maximum Gasteiger partial charge on any atom is 0.102 e. The van der Waals surface area contributed by atoms with Crippen LogP contribution in [-0.2, 0) is 0 Å². The van der Waals surface area contributed by atoms with E-state index >= 15 is 0 Å². The molecule has 1 nitrogen and oxygen atoms in total. The lowest BCUT2D eigenvalue weighted by Gasteiger charge is -1.83. The summed E-state index contributed by atoms with van der Waals surface area (Å²) in [6.45, 7) is 1.92. The predicted molar refractivity (Wildman–Crippen MR) is 32.9 cm³/mol. The maximum absolute atomic E-state index is 6.97. The second-order valence-corrected chi connectivity index (χ2v) is 1.24. The fourth-order valence-electron chi connectivity index (χ4n) is 0.234. The fraction of sp³-hybridized carbons (Fsp3) is 0.400. The molecule has 7 heavy (non-hydrogen) atoms. The van der Waals surface area contributed by atoms with Crippen molar-refractivity contribution in [1.29, 1.82) is 5.41 Å². The molecular weight excluding hydrogens is 84.9 g/mol. The molecular formula is C5H8BN. The smallest absolute Gasteiger partial charge is 0.102 e. The zero-order valence-corrected chi connectivity index (χ0v) is 4.44. The Morgan fingerprint density at radius 1 is 1.86 bits per heavy atom. The molecule has 2 radical (unpaired) electrons. The topological polar surface area (TPSA) is 23.9 Å². The molecule has 0 aliphatic rings. The van der Waals surface area contributed by atoms with Crippen molar-refractivity contribution in [2.45, 2.75) is 13.3 Å². The molecule has 0 aromatic carbocycles. The minimum atomic E-state index is 0.572. The van der Waals surface area contributed by atoms with Crippen molar-refractivity contribution in [2.75, 3.05) is 0 Å². The molecule has 36 valence electrons. The Labute approximate surface area is 45.3 Å². The Hall–Kier alpha value is -0.525. The Balaban J connectivity index is 3.37. The third-order valence-corrected chi connectivity index (χ3v) is 0.678. The van der Waals surface area contributed by atoms with E-state index in [9.17, 15) is 0 Å². The van der Waals surface area contributed by atoms with Crippen LogP contribution in [-0.4, -0.2) is 13.6 Å². The Morgan fingerprint density at radius 2 is 2.43 bits per heavy atom. The summed E-state index contributed by atoms with van der Waals surface area (Å²) in [6, 6.07) is 0. The Kier molecular flexibility index (Phi) is 3.38. The molecule has 0 aromatic rings. The highest BCUT2D eigenvalue weighted by Gasteiger charge is 1.77. The minimum Gasteiger partial charge on any atom is -0.305 e. The van der Waals surface area contributed by atoms with Gasteiger partial charge in [0, 0.05) is 5.71 Å². The highest BCUT2D eigenvalue weighted by molar-refractivity contribution is 6.19. The number of rotatable bonds is 2. The standard InChI is InChI=1S/C5H8BN/c1-2-5(7)3-4-6/h3-4,7H,2H2,1H3/b4-3-,7-5?. The molecule has 0 heterocycles. The molecule has 0 amide bonds. The van der Waals surface area contributed by atoms with Gasteiger partial charge in [-0.2, -0.15) is 0 Å². The summed E-state index contributed by atoms with van der Waals surface area (Å²) in [5.41, 5.74) is 0.572. The largest absolute Gasteiger partial charge is 0.305 e. The summed E-state index contributed by atoms with van der Waals surface area (Å²) < 4.78 is 0. The summed E-state index contributed by atoms with van der Waals surface area (Å²) >= 11 is 0. The number of allylic oxidation sites excluding steroid dienone is 1. The lowest BCUT2D eigenvalue weighted by atomic mass is 10.1. The van der Waals surface area contributed by atoms with Crippen molar-refractivity contribution in [3.05, 3.63) is 12.1 Å². The van der Waals surface area contributed by atoms with Crippen LogP contribution in [0.2, 0.25) is 0 Å². The zero-order valence-electron chi connectivity index (χ0n) is 4.44. The van der Waals surface area contributed by atoms with E-state index in [0.29, 0.717) is 5.71 Å². The predicted octanol–water partition coefficient (Wildman–Crippen LogP) is 1.10. The van der Waals surface area contributed by atoms with Crippen LogP contribution in [0.15, 0.2) is 12.1 Å². The van der Waals surface area contributed by atoms with E-state index in [-0.39, 0.29) is 0 Å². The molecule has 0 aliphatic heterocycles. The van der Waals surface area contributed by atoms with Gasteiger partial charge in [0.15, 0.2) is 0 Å². The van der Waals surface area contributed by atoms with E-state index in [0.717, 1.165) is 6.42 Å². The highest BCUT2D eigenvalue weighted by atomic mass is 14.4. The van der Waals surface area contributed by atoms with Crippen LogP contribution in [0.1, 0.15) is 13.3 Å². The van der Waals surface area contributed by atoms with E-state index < -0.39 is 0 Å². The van der Waals surface area contributed by atoms with Crippen LogP contribution in [0.4, 0.5) is 0 Å². The second-order valence-electron chi connectivity index (χ2n) is 1.24. The summed E-state index contributed by atoms with van der Waals surface area (Å²) in [5.74, 6) is 1.38. The molecule has 0 unspecified atom stereocenters. The summed E-state index contributed by atoms with van der Waals surface area (Å²) in [5, 5.41) is 6.97. The fourth-order valence-corrected chi connectivity index (χ4v) is 0.234. The van der Waals surface area contributed by atoms with Crippen molar-refractivity contribution >= 4 is 13.6 Å². The van der Waals surface area contributed by atoms with Crippen molar-refractivity contribution in [3.63, 3.8) is 0 Å². The highest BCUT2D eigenvalue weighted by Crippen LogP contribution is 1.80. The van der Waals surface area contributed by atoms with E-state index in [1.807, 2.05) is 6.92 Å². The first-order valence-corrected chi connectivity index (χ1v) is 2.27. The van der Waals surface area contributed by atoms with E-state index in [2.05, 4.69) is 0 Å². The van der Waals surface area contributed by atoms with Gasteiger partial charge in [-0.15, -0.1) is 5.98 Å². The van der Waals surface area contributed by atoms with Crippen molar-refractivity contribution in [1.82, 2.24) is 0 Å². The number of nitrogens with one attached hydrogen (secondary N) is 1. The first-order chi connectivity index (χ1) is 3.31. The molecule has 2 heteroatoms. The van der Waals surface area contributed by atoms with Crippen LogP contribution in [0.5, 0.6) is 0 Å². The summed E-state index contributed by atoms with van der Waals surface area (Å²) in [4.78, 5) is 0. The molecule has 0 bridgehead atoms. The molecule has 0 saturated carbocycles. The number of hydrogen-bond acceptors (Lipinski definition) is 1. The lowest BCUT2D eigenvalue weighted by Crippen LogP contribution is -1.84. The Morgan fingerprint density at radius 3 is 2.57 bits per heavy atom. The van der Waals surface area contributed by atoms with Gasteiger partial charge in [0.05, 0.1) is 0 Å². The van der Waals surface area contributed by atoms with E-state index in [4.69, 9.17) is 13.3 Å². The molecule has 0 atom stereocenters. The SMILES string of the molecule is [B]/C=C\C(=N)CC. The zero-order chi connectivity index (χ0) is 5.70. The first-order valence-electron chi connectivity index (χ1n) is 2.27. The van der Waals surface area contributed by atoms with Crippen LogP contribution < -0.4 is 0 Å². The molecule has 0 rings (SSSR count). The van der Waals surface area contributed by atoms with Gasteiger partial charge in [-0.1, -0.05) is 13.0 Å². The average molecular weight is 92.9 g/mol. The van der Waals surface area contributed by atoms with Gasteiger partial charge in [-0.25, -0.2) is 0 Å². The third kappa shape index (κ3) is 3.30. The molecule has 0 fully saturated rings. The van der Waals surface area contributed by atoms with Gasteiger partial charge >= 0.3 is 0 Å². The molecule has 1 N–H and O–H groups in total. The van der Waals surface area contributed by atoms with Gasteiger partial charge in [-0.05, 0) is 6.42 Å². The minimum absolute atomic E-state index is 0.572. The van der Waals surface area contributed by atoms with Crippen LogP contribution in [0.3, 0.4) is 0 Å². The van der Waals surface area contributed by atoms with Gasteiger partial charge in [-0.3, -0.25) is 0 Å². The molecule has 0 saturated heterocycles. The average Bonchev–Trinajstić information content (AvgIpc) is 1.68. The van der Waals surface area contributed by atoms with E-state index in [1.165, 1.54) is 5.98 Å². The van der Waals surface area contributed by atoms with Crippen LogP contribution in [0.25, 0.3) is 0 Å². The van der Waals surface area contributed by atoms with Crippen molar-refractivity contribution in [3.8, 4) is 0 Å². The quantitative estimate of drug-likeness (QED) is 0.390. The maximum atomic E-state index is 6.97. The lowest BCUT2D eigenvalue weighted by molar-refractivity contribution is 1.26. The Bertz CT molecular complexity index is 86.1.